The Morgan fingerprint density at radius 2 is 2.36 bits per heavy atom. The van der Waals surface area contributed by atoms with Gasteiger partial charge < -0.3 is 11.1 Å². The molecule has 0 aromatic heterocycles. The first-order chi connectivity index (χ1) is 6.65. The van der Waals surface area contributed by atoms with E-state index in [2.05, 4.69) is 24.1 Å². The highest BCUT2D eigenvalue weighted by atomic mass is 32.1. The third-order valence-corrected chi connectivity index (χ3v) is 3.20. The Kier molecular flexibility index (Phi) is 4.95. The Labute approximate surface area is 92.0 Å². The minimum absolute atomic E-state index is 0.402. The maximum Gasteiger partial charge on any atom is 0.0513 e. The molecule has 1 aliphatic heterocycles. The van der Waals surface area contributed by atoms with E-state index in [0.717, 1.165) is 32.6 Å². The summed E-state index contributed by atoms with van der Waals surface area (Å²) in [6.07, 6.45) is 1.05. The summed E-state index contributed by atoms with van der Waals surface area (Å²) in [4.78, 5) is 3.56. The van der Waals surface area contributed by atoms with E-state index in [1.165, 1.54) is 4.86 Å². The van der Waals surface area contributed by atoms with Crippen molar-refractivity contribution in [2.75, 3.05) is 26.2 Å². The summed E-state index contributed by atoms with van der Waals surface area (Å²) in [5.41, 5.74) is 5.58. The van der Waals surface area contributed by atoms with Gasteiger partial charge in [0.05, 0.1) is 6.04 Å². The van der Waals surface area contributed by atoms with Crippen LogP contribution in [-0.4, -0.2) is 48.0 Å². The van der Waals surface area contributed by atoms with Crippen LogP contribution in [0.2, 0.25) is 0 Å². The molecule has 0 aromatic carbocycles. The number of thiocarbonyl (C=S) groups is 1. The van der Waals surface area contributed by atoms with E-state index in [1.54, 1.807) is 0 Å². The molecular formula is C10H21N3S. The van der Waals surface area contributed by atoms with Crippen LogP contribution >= 0.6 is 12.2 Å². The van der Waals surface area contributed by atoms with Crippen LogP contribution in [0.3, 0.4) is 0 Å². The monoisotopic (exact) mass is 215 g/mol. The van der Waals surface area contributed by atoms with Gasteiger partial charge in [-0.1, -0.05) is 12.2 Å². The van der Waals surface area contributed by atoms with Gasteiger partial charge >= 0.3 is 0 Å². The molecule has 0 saturated carbocycles. The van der Waals surface area contributed by atoms with Crippen LogP contribution in [0.25, 0.3) is 0 Å². The largest absolute Gasteiger partial charge is 0.329 e. The number of hydrogen-bond acceptors (Lipinski definition) is 4. The molecule has 1 atom stereocenters. The van der Waals surface area contributed by atoms with Crippen molar-refractivity contribution in [1.82, 2.24) is 10.2 Å². The fourth-order valence-electron chi connectivity index (χ4n) is 1.78. The van der Waals surface area contributed by atoms with Crippen molar-refractivity contribution in [3.63, 3.8) is 0 Å². The first kappa shape index (κ1) is 12.0. The van der Waals surface area contributed by atoms with Crippen molar-refractivity contribution >= 4 is 17.1 Å². The predicted octanol–water partition coefficient (Wildman–Crippen LogP) is 0.387. The van der Waals surface area contributed by atoms with Gasteiger partial charge in [0.2, 0.25) is 0 Å². The van der Waals surface area contributed by atoms with Crippen LogP contribution < -0.4 is 11.1 Å². The molecule has 1 rings (SSSR count). The molecule has 1 fully saturated rings. The molecule has 4 heteroatoms. The third kappa shape index (κ3) is 3.28. The molecule has 0 amide bonds. The number of nitrogens with one attached hydrogen (secondary N) is 1. The van der Waals surface area contributed by atoms with Crippen LogP contribution in [0.5, 0.6) is 0 Å². The fraction of sp³-hybridized carbons (Fsp3) is 0.900. The zero-order chi connectivity index (χ0) is 10.6. The highest BCUT2D eigenvalue weighted by Gasteiger charge is 2.23. The number of hydrogen-bond donors (Lipinski definition) is 2. The number of rotatable bonds is 5. The van der Waals surface area contributed by atoms with Gasteiger partial charge in [-0.25, -0.2) is 0 Å². The van der Waals surface area contributed by atoms with E-state index in [1.807, 2.05) is 0 Å². The Bertz CT molecular complexity index is 194. The standard InChI is InChI=1S/C10H21N3S/c1-8(2)13(6-4-11)7-9-10(14)3-5-12-9/h8-9,12H,3-7,11H2,1-2H3. The lowest BCUT2D eigenvalue weighted by Crippen LogP contribution is -2.45. The molecule has 0 bridgehead atoms. The summed E-state index contributed by atoms with van der Waals surface area (Å²) in [5.74, 6) is 0. The molecule has 3 N–H and O–H groups in total. The van der Waals surface area contributed by atoms with E-state index >= 15 is 0 Å². The van der Waals surface area contributed by atoms with E-state index in [-0.39, 0.29) is 0 Å². The van der Waals surface area contributed by atoms with Crippen molar-refractivity contribution in [2.45, 2.75) is 32.4 Å². The van der Waals surface area contributed by atoms with Gasteiger partial charge in [-0.15, -0.1) is 0 Å². The van der Waals surface area contributed by atoms with E-state index < -0.39 is 0 Å². The Morgan fingerprint density at radius 3 is 2.79 bits per heavy atom. The summed E-state index contributed by atoms with van der Waals surface area (Å²) in [5, 5.41) is 3.43. The van der Waals surface area contributed by atoms with Crippen LogP contribution in [-0.2, 0) is 0 Å². The molecule has 82 valence electrons. The zero-order valence-electron chi connectivity index (χ0n) is 9.12. The highest BCUT2D eigenvalue weighted by Crippen LogP contribution is 2.07. The van der Waals surface area contributed by atoms with Crippen molar-refractivity contribution in [1.29, 1.82) is 0 Å². The zero-order valence-corrected chi connectivity index (χ0v) is 9.94. The average Bonchev–Trinajstić information content (AvgIpc) is 2.51. The molecule has 0 radical (unpaired) electrons. The summed E-state index contributed by atoms with van der Waals surface area (Å²) in [6, 6.07) is 0.947. The lowest BCUT2D eigenvalue weighted by Gasteiger charge is -2.28. The highest BCUT2D eigenvalue weighted by molar-refractivity contribution is 7.80. The molecular weight excluding hydrogens is 194 g/mol. The maximum atomic E-state index is 5.58. The molecule has 1 aliphatic rings. The van der Waals surface area contributed by atoms with Gasteiger partial charge in [0.1, 0.15) is 0 Å². The third-order valence-electron chi connectivity index (χ3n) is 2.71. The van der Waals surface area contributed by atoms with Crippen LogP contribution in [0.4, 0.5) is 0 Å². The topological polar surface area (TPSA) is 41.3 Å². The second-order valence-electron chi connectivity index (χ2n) is 4.10. The minimum Gasteiger partial charge on any atom is -0.329 e. The molecule has 3 nitrogen and oxygen atoms in total. The van der Waals surface area contributed by atoms with Crippen molar-refractivity contribution < 1.29 is 0 Å². The van der Waals surface area contributed by atoms with Gasteiger partial charge in [-0.3, -0.25) is 4.90 Å². The first-order valence-electron chi connectivity index (χ1n) is 5.35. The Hall–Kier alpha value is -0.0300. The molecule has 1 heterocycles. The minimum atomic E-state index is 0.402. The SMILES string of the molecule is CC(C)N(CCN)CC1NCCC1=S. The number of nitrogens with two attached hydrogens (primary N) is 1. The van der Waals surface area contributed by atoms with Gasteiger partial charge in [0, 0.05) is 37.1 Å². The van der Waals surface area contributed by atoms with Crippen molar-refractivity contribution in [3.05, 3.63) is 0 Å². The average molecular weight is 215 g/mol. The van der Waals surface area contributed by atoms with Crippen LogP contribution in [0, 0.1) is 0 Å². The fourth-order valence-corrected chi connectivity index (χ4v) is 2.04. The Morgan fingerprint density at radius 1 is 1.64 bits per heavy atom. The summed E-state index contributed by atoms with van der Waals surface area (Å²) >= 11 is 5.31. The van der Waals surface area contributed by atoms with Crippen molar-refractivity contribution in [2.24, 2.45) is 5.73 Å². The van der Waals surface area contributed by atoms with Crippen LogP contribution in [0.1, 0.15) is 20.3 Å². The second kappa shape index (κ2) is 5.75. The maximum absolute atomic E-state index is 5.58. The second-order valence-corrected chi connectivity index (χ2v) is 4.62. The van der Waals surface area contributed by atoms with Gasteiger partial charge in [0.15, 0.2) is 0 Å². The molecule has 1 saturated heterocycles. The molecule has 0 aliphatic carbocycles. The van der Waals surface area contributed by atoms with Gasteiger partial charge in [0.25, 0.3) is 0 Å². The predicted molar refractivity (Wildman–Crippen MR) is 64.8 cm³/mol. The normalized spacial score (nSPS) is 22.6. The lowest BCUT2D eigenvalue weighted by molar-refractivity contribution is 0.221. The van der Waals surface area contributed by atoms with Gasteiger partial charge in [-0.2, -0.15) is 0 Å². The van der Waals surface area contributed by atoms with E-state index in [0.29, 0.717) is 12.1 Å². The first-order valence-corrected chi connectivity index (χ1v) is 5.76. The van der Waals surface area contributed by atoms with E-state index in [4.69, 9.17) is 18.0 Å². The Balaban J connectivity index is 2.41. The molecule has 14 heavy (non-hydrogen) atoms. The summed E-state index contributed by atoms with van der Waals surface area (Å²) < 4.78 is 0. The quantitative estimate of drug-likeness (QED) is 0.651. The lowest BCUT2D eigenvalue weighted by atomic mass is 10.2. The smallest absolute Gasteiger partial charge is 0.0513 e. The van der Waals surface area contributed by atoms with E-state index in [9.17, 15) is 0 Å². The van der Waals surface area contributed by atoms with Crippen molar-refractivity contribution in [3.8, 4) is 0 Å². The summed E-state index contributed by atoms with van der Waals surface area (Å²) in [6.45, 7) is 8.13. The molecule has 0 spiro atoms. The van der Waals surface area contributed by atoms with Crippen LogP contribution in [0.15, 0.2) is 0 Å². The number of nitrogens with zero attached hydrogens (tertiary/aromatic N) is 1. The molecule has 0 aromatic rings. The van der Waals surface area contributed by atoms with Gasteiger partial charge in [-0.05, 0) is 20.3 Å². The summed E-state index contributed by atoms with van der Waals surface area (Å²) in [7, 11) is 0. The molecule has 1 unspecified atom stereocenters.